The van der Waals surface area contributed by atoms with Gasteiger partial charge in [-0.1, -0.05) is 36.4 Å². The van der Waals surface area contributed by atoms with Crippen LogP contribution >= 0.6 is 0 Å². The van der Waals surface area contributed by atoms with Gasteiger partial charge in [0.1, 0.15) is 0 Å². The summed E-state index contributed by atoms with van der Waals surface area (Å²) in [5, 5.41) is 0. The second-order valence-electron chi connectivity index (χ2n) is 7.22. The van der Waals surface area contributed by atoms with Crippen molar-refractivity contribution in [2.45, 2.75) is 30.2 Å². The van der Waals surface area contributed by atoms with Crippen LogP contribution in [0.25, 0.3) is 0 Å². The molecular formula is C24H21NO5S. The molecule has 0 radical (unpaired) electrons. The van der Waals surface area contributed by atoms with Crippen LogP contribution in [-0.4, -0.2) is 26.9 Å². The number of sulfone groups is 1. The van der Waals surface area contributed by atoms with Gasteiger partial charge in [-0.05, 0) is 55.3 Å². The third-order valence-electron chi connectivity index (χ3n) is 5.29. The summed E-state index contributed by atoms with van der Waals surface area (Å²) in [6, 6.07) is 18.0. The molecule has 6 nitrogen and oxygen atoms in total. The van der Waals surface area contributed by atoms with E-state index in [9.17, 15) is 18.0 Å². The lowest BCUT2D eigenvalue weighted by Gasteiger charge is -2.24. The quantitative estimate of drug-likeness (QED) is 0.575. The molecule has 0 bridgehead atoms. The van der Waals surface area contributed by atoms with Gasteiger partial charge in [-0.15, -0.1) is 0 Å². The smallest absolute Gasteiger partial charge is 0.338 e. The van der Waals surface area contributed by atoms with E-state index in [0.29, 0.717) is 0 Å². The Labute approximate surface area is 181 Å². The third kappa shape index (κ3) is 3.61. The summed E-state index contributed by atoms with van der Waals surface area (Å²) < 4.78 is 31.9. The van der Waals surface area contributed by atoms with Crippen molar-refractivity contribution in [1.29, 1.82) is 0 Å². The average molecular weight is 436 g/mol. The fourth-order valence-electron chi connectivity index (χ4n) is 3.66. The SMILES string of the molecule is CCOC(=O)c1ccc2c(c1)N(Cc1ccccc1C)C(=O)c1ccccc1S2(=O)=O. The third-order valence-corrected chi connectivity index (χ3v) is 7.15. The fourth-order valence-corrected chi connectivity index (χ4v) is 5.29. The van der Waals surface area contributed by atoms with Gasteiger partial charge >= 0.3 is 5.97 Å². The first kappa shape index (κ1) is 20.8. The van der Waals surface area contributed by atoms with E-state index in [1.165, 1.54) is 35.2 Å². The van der Waals surface area contributed by atoms with Crippen molar-refractivity contribution in [2.75, 3.05) is 11.5 Å². The van der Waals surface area contributed by atoms with Gasteiger partial charge < -0.3 is 9.64 Å². The van der Waals surface area contributed by atoms with E-state index in [2.05, 4.69) is 0 Å². The van der Waals surface area contributed by atoms with Crippen LogP contribution in [0.5, 0.6) is 0 Å². The Morgan fingerprint density at radius 1 is 0.968 bits per heavy atom. The zero-order valence-electron chi connectivity index (χ0n) is 17.2. The summed E-state index contributed by atoms with van der Waals surface area (Å²) in [6.45, 7) is 3.97. The maximum atomic E-state index is 13.6. The lowest BCUT2D eigenvalue weighted by Crippen LogP contribution is -2.30. The van der Waals surface area contributed by atoms with Crippen molar-refractivity contribution in [3.05, 3.63) is 89.0 Å². The molecule has 0 fully saturated rings. The zero-order valence-corrected chi connectivity index (χ0v) is 18.0. The number of hydrogen-bond acceptors (Lipinski definition) is 5. The molecule has 31 heavy (non-hydrogen) atoms. The van der Waals surface area contributed by atoms with Crippen LogP contribution in [0.1, 0.15) is 38.8 Å². The monoisotopic (exact) mass is 435 g/mol. The van der Waals surface area contributed by atoms with Gasteiger partial charge in [0.05, 0.1) is 39.8 Å². The Morgan fingerprint density at radius 3 is 2.42 bits per heavy atom. The summed E-state index contributed by atoms with van der Waals surface area (Å²) in [4.78, 5) is 27.2. The maximum Gasteiger partial charge on any atom is 0.338 e. The number of fused-ring (bicyclic) bond motifs is 2. The number of amides is 1. The molecule has 1 aliphatic rings. The zero-order chi connectivity index (χ0) is 22.2. The number of carbonyl (C=O) groups excluding carboxylic acids is 2. The molecule has 7 heteroatoms. The van der Waals surface area contributed by atoms with E-state index in [4.69, 9.17) is 4.74 Å². The largest absolute Gasteiger partial charge is 0.462 e. The van der Waals surface area contributed by atoms with E-state index in [1.807, 2.05) is 31.2 Å². The van der Waals surface area contributed by atoms with Crippen molar-refractivity contribution in [3.63, 3.8) is 0 Å². The first-order chi connectivity index (χ1) is 14.8. The average Bonchev–Trinajstić information content (AvgIpc) is 2.83. The molecule has 0 aromatic heterocycles. The van der Waals surface area contributed by atoms with Crippen LogP contribution in [0.3, 0.4) is 0 Å². The molecule has 1 heterocycles. The van der Waals surface area contributed by atoms with Crippen molar-refractivity contribution in [2.24, 2.45) is 0 Å². The van der Waals surface area contributed by atoms with Gasteiger partial charge in [0.25, 0.3) is 5.91 Å². The molecule has 3 aromatic rings. The Hall–Kier alpha value is -3.45. The number of ether oxygens (including phenoxy) is 1. The number of rotatable bonds is 4. The molecule has 0 N–H and O–H groups in total. The number of aryl methyl sites for hydroxylation is 1. The number of esters is 1. The van der Waals surface area contributed by atoms with Gasteiger partial charge in [-0.2, -0.15) is 0 Å². The minimum Gasteiger partial charge on any atom is -0.462 e. The summed E-state index contributed by atoms with van der Waals surface area (Å²) >= 11 is 0. The first-order valence-electron chi connectivity index (χ1n) is 9.86. The highest BCUT2D eigenvalue weighted by Gasteiger charge is 2.36. The van der Waals surface area contributed by atoms with E-state index in [-0.39, 0.29) is 39.8 Å². The number of nitrogens with zero attached hydrogens (tertiary/aromatic N) is 1. The topological polar surface area (TPSA) is 80.8 Å². The second kappa shape index (κ2) is 8.00. The highest BCUT2D eigenvalue weighted by Crippen LogP contribution is 2.38. The number of anilines is 1. The molecule has 0 saturated heterocycles. The molecule has 158 valence electrons. The molecule has 0 atom stereocenters. The van der Waals surface area contributed by atoms with Crippen molar-refractivity contribution < 1.29 is 22.7 Å². The Kier molecular flexibility index (Phi) is 5.37. The minimum atomic E-state index is -3.98. The number of hydrogen-bond donors (Lipinski definition) is 0. The lowest BCUT2D eigenvalue weighted by molar-refractivity contribution is 0.0526. The lowest BCUT2D eigenvalue weighted by atomic mass is 10.1. The standard InChI is InChI=1S/C24H21NO5S/c1-3-30-24(27)17-12-13-22-20(14-17)25(15-18-9-5-4-8-16(18)2)23(26)19-10-6-7-11-21(19)31(22,28)29/h4-14H,3,15H2,1-2H3. The van der Waals surface area contributed by atoms with Gasteiger partial charge in [-0.25, -0.2) is 13.2 Å². The van der Waals surface area contributed by atoms with E-state index >= 15 is 0 Å². The highest BCUT2D eigenvalue weighted by molar-refractivity contribution is 7.91. The molecule has 0 spiro atoms. The summed E-state index contributed by atoms with van der Waals surface area (Å²) in [7, 11) is -3.98. The summed E-state index contributed by atoms with van der Waals surface area (Å²) in [6.07, 6.45) is 0. The molecule has 0 saturated carbocycles. The van der Waals surface area contributed by atoms with Crippen molar-refractivity contribution in [1.82, 2.24) is 0 Å². The molecule has 3 aromatic carbocycles. The second-order valence-corrected chi connectivity index (χ2v) is 9.11. The molecule has 4 rings (SSSR count). The van der Waals surface area contributed by atoms with Crippen molar-refractivity contribution >= 4 is 27.4 Å². The minimum absolute atomic E-state index is 0.0209. The van der Waals surface area contributed by atoms with Gasteiger partial charge in [-0.3, -0.25) is 4.79 Å². The Morgan fingerprint density at radius 2 is 1.68 bits per heavy atom. The van der Waals surface area contributed by atoms with Crippen LogP contribution in [0.15, 0.2) is 76.5 Å². The van der Waals surface area contributed by atoms with Crippen LogP contribution < -0.4 is 4.90 Å². The van der Waals surface area contributed by atoms with Crippen LogP contribution in [-0.2, 0) is 21.1 Å². The van der Waals surface area contributed by atoms with E-state index in [1.54, 1.807) is 19.1 Å². The molecule has 1 aliphatic heterocycles. The molecular weight excluding hydrogens is 414 g/mol. The van der Waals surface area contributed by atoms with Gasteiger partial charge in [0, 0.05) is 0 Å². The highest BCUT2D eigenvalue weighted by atomic mass is 32.2. The molecule has 1 amide bonds. The Balaban J connectivity index is 1.97. The fraction of sp³-hybridized carbons (Fsp3) is 0.167. The first-order valence-corrected chi connectivity index (χ1v) is 11.3. The van der Waals surface area contributed by atoms with Gasteiger partial charge in [0.2, 0.25) is 9.84 Å². The molecule has 0 aliphatic carbocycles. The van der Waals surface area contributed by atoms with Crippen LogP contribution in [0.2, 0.25) is 0 Å². The van der Waals surface area contributed by atoms with E-state index in [0.717, 1.165) is 11.1 Å². The maximum absolute atomic E-state index is 13.6. The van der Waals surface area contributed by atoms with E-state index < -0.39 is 21.7 Å². The predicted octanol–water partition coefficient (Wildman–Crippen LogP) is 4.16. The number of benzene rings is 3. The predicted molar refractivity (Wildman–Crippen MR) is 116 cm³/mol. The summed E-state index contributed by atoms with van der Waals surface area (Å²) in [5.41, 5.74) is 2.29. The van der Waals surface area contributed by atoms with Crippen LogP contribution in [0.4, 0.5) is 5.69 Å². The number of carbonyl (C=O) groups is 2. The van der Waals surface area contributed by atoms with Gasteiger partial charge in [0.15, 0.2) is 0 Å². The van der Waals surface area contributed by atoms with Crippen molar-refractivity contribution in [3.8, 4) is 0 Å². The normalized spacial score (nSPS) is 14.4. The Bertz CT molecular complexity index is 1300. The summed E-state index contributed by atoms with van der Waals surface area (Å²) in [5.74, 6) is -1.02. The molecule has 0 unspecified atom stereocenters. The van der Waals surface area contributed by atoms with Crippen LogP contribution in [0, 0.1) is 6.92 Å².